The van der Waals surface area contributed by atoms with Crippen LogP contribution in [-0.2, 0) is 0 Å². The first-order chi connectivity index (χ1) is 6.30. The normalized spacial score (nSPS) is 85.4. The van der Waals surface area contributed by atoms with Gasteiger partial charge in [0.1, 0.15) is 0 Å². The summed E-state index contributed by atoms with van der Waals surface area (Å²) >= 11 is 2.70. The van der Waals surface area contributed by atoms with Crippen LogP contribution in [0.4, 0.5) is 0 Å². The molecule has 1 N–H and O–H groups in total. The fourth-order valence-corrected chi connectivity index (χ4v) is 8.49. The van der Waals surface area contributed by atoms with Crippen molar-refractivity contribution in [3.05, 3.63) is 0 Å². The summed E-state index contributed by atoms with van der Waals surface area (Å²) in [5.41, 5.74) is 0. The van der Waals surface area contributed by atoms with Gasteiger partial charge in [-0.05, 0) is 53.8 Å². The molecule has 0 spiro atoms. The highest BCUT2D eigenvalue weighted by Crippen LogP contribution is 2.83. The summed E-state index contributed by atoms with van der Waals surface area (Å²) in [6, 6.07) is 0. The van der Waals surface area contributed by atoms with Gasteiger partial charge < -0.3 is 5.11 Å². The smallest absolute Gasteiger partial charge is 0.0608 e. The van der Waals surface area contributed by atoms with Crippen LogP contribution in [-0.4, -0.2) is 15.1 Å². The van der Waals surface area contributed by atoms with E-state index in [1.165, 1.54) is 6.42 Å². The molecule has 0 radical (unpaired) electrons. The standard InChI is InChI=1S/C11H13IO/c12-10-6-2-1-3-4(6)9-8(10)5(2)7(3)11(9)13/h2-11,13H,1H2/t2-,3+,4-,5+,6-,7+,8+,9-,10+,11-/m0/s1. The Morgan fingerprint density at radius 2 is 1.54 bits per heavy atom. The summed E-state index contributed by atoms with van der Waals surface area (Å²) in [5, 5.41) is 10.2. The first-order valence-electron chi connectivity index (χ1n) is 5.63. The van der Waals surface area contributed by atoms with Gasteiger partial charge in [0, 0.05) is 3.92 Å². The fourth-order valence-electron chi connectivity index (χ4n) is 6.52. The van der Waals surface area contributed by atoms with Crippen molar-refractivity contribution < 1.29 is 5.11 Å². The summed E-state index contributed by atoms with van der Waals surface area (Å²) in [7, 11) is 0. The zero-order valence-electron chi connectivity index (χ0n) is 7.31. The zero-order valence-corrected chi connectivity index (χ0v) is 9.46. The number of hydrogen-bond acceptors (Lipinski definition) is 1. The van der Waals surface area contributed by atoms with Gasteiger partial charge in [-0.15, -0.1) is 0 Å². The Kier molecular flexibility index (Phi) is 0.936. The first-order valence-corrected chi connectivity index (χ1v) is 6.87. The first kappa shape index (κ1) is 7.04. The summed E-state index contributed by atoms with van der Waals surface area (Å²) in [5.74, 6) is 7.48. The molecular weight excluding hydrogens is 275 g/mol. The van der Waals surface area contributed by atoms with Crippen LogP contribution in [0.3, 0.4) is 0 Å². The number of alkyl halides is 1. The Bertz CT molecular complexity index is 283. The molecule has 10 atom stereocenters. The lowest BCUT2D eigenvalue weighted by Gasteiger charge is -2.33. The van der Waals surface area contributed by atoms with E-state index in [1.54, 1.807) is 0 Å². The maximum absolute atomic E-state index is 10.2. The Hall–Kier alpha value is 0.690. The van der Waals surface area contributed by atoms with Crippen LogP contribution < -0.4 is 0 Å². The highest BCUT2D eigenvalue weighted by Gasteiger charge is 2.82. The molecule has 0 heterocycles. The van der Waals surface area contributed by atoms with Gasteiger partial charge in [0.05, 0.1) is 6.10 Å². The Morgan fingerprint density at radius 3 is 2.31 bits per heavy atom. The second-order valence-electron chi connectivity index (χ2n) is 5.96. The lowest BCUT2D eigenvalue weighted by atomic mass is 9.71. The molecule has 0 aromatic carbocycles. The van der Waals surface area contributed by atoms with E-state index >= 15 is 0 Å². The van der Waals surface area contributed by atoms with Gasteiger partial charge in [-0.3, -0.25) is 0 Å². The molecule has 0 amide bonds. The quantitative estimate of drug-likeness (QED) is 0.529. The molecule has 0 aromatic rings. The van der Waals surface area contributed by atoms with E-state index < -0.39 is 0 Å². The van der Waals surface area contributed by atoms with Gasteiger partial charge in [0.25, 0.3) is 0 Å². The second kappa shape index (κ2) is 1.73. The molecule has 6 aliphatic carbocycles. The van der Waals surface area contributed by atoms with Crippen molar-refractivity contribution in [1.82, 2.24) is 0 Å². The third-order valence-electron chi connectivity index (χ3n) is 6.27. The molecular formula is C11H13IO. The lowest BCUT2D eigenvalue weighted by molar-refractivity contribution is 0.116. The van der Waals surface area contributed by atoms with Gasteiger partial charge in [-0.1, -0.05) is 22.6 Å². The third-order valence-corrected chi connectivity index (χ3v) is 7.93. The van der Waals surface area contributed by atoms with Crippen LogP contribution in [0, 0.1) is 47.3 Å². The van der Waals surface area contributed by atoms with Crippen molar-refractivity contribution in [3.8, 4) is 0 Å². The predicted molar refractivity (Wildman–Crippen MR) is 56.4 cm³/mol. The predicted octanol–water partition coefficient (Wildman–Crippen LogP) is 1.54. The highest BCUT2D eigenvalue weighted by atomic mass is 127. The number of aliphatic hydroxyl groups excluding tert-OH is 1. The van der Waals surface area contributed by atoms with Crippen molar-refractivity contribution in [3.63, 3.8) is 0 Å². The molecule has 0 aromatic heterocycles. The van der Waals surface area contributed by atoms with Crippen LogP contribution in [0.1, 0.15) is 6.42 Å². The number of halogens is 1. The molecule has 1 nitrogen and oxygen atoms in total. The van der Waals surface area contributed by atoms with Crippen molar-refractivity contribution in [2.75, 3.05) is 0 Å². The summed E-state index contributed by atoms with van der Waals surface area (Å²) < 4.78 is 0.940. The van der Waals surface area contributed by atoms with E-state index in [9.17, 15) is 5.11 Å². The number of hydrogen-bond donors (Lipinski definition) is 1. The van der Waals surface area contributed by atoms with Crippen LogP contribution in [0.2, 0.25) is 0 Å². The SMILES string of the molecule is O[C@@H]1[C@@H]2[C@@H]3[C@H](I)[C@H]4[C@H]5C[C@H]([C@H]24)[C@@H]1[C@@H]53. The summed E-state index contributed by atoms with van der Waals surface area (Å²) in [6.45, 7) is 0. The van der Waals surface area contributed by atoms with Crippen LogP contribution in [0.5, 0.6) is 0 Å². The minimum Gasteiger partial charge on any atom is -0.393 e. The van der Waals surface area contributed by atoms with Crippen molar-refractivity contribution in [2.24, 2.45) is 47.3 Å². The summed E-state index contributed by atoms with van der Waals surface area (Å²) in [6.07, 6.45) is 1.62. The maximum Gasteiger partial charge on any atom is 0.0608 e. The Morgan fingerprint density at radius 1 is 0.846 bits per heavy atom. The zero-order chi connectivity index (χ0) is 8.48. The topological polar surface area (TPSA) is 20.2 Å². The average molecular weight is 288 g/mol. The van der Waals surface area contributed by atoms with Crippen molar-refractivity contribution >= 4 is 22.6 Å². The van der Waals surface area contributed by atoms with E-state index in [-0.39, 0.29) is 6.10 Å². The number of aliphatic hydroxyl groups is 1. The number of rotatable bonds is 0. The second-order valence-corrected chi connectivity index (χ2v) is 7.40. The molecule has 70 valence electrons. The molecule has 6 aliphatic rings. The Balaban J connectivity index is 1.86. The molecule has 13 heavy (non-hydrogen) atoms. The van der Waals surface area contributed by atoms with Gasteiger partial charge in [-0.25, -0.2) is 0 Å². The van der Waals surface area contributed by atoms with Crippen LogP contribution >= 0.6 is 22.6 Å². The monoisotopic (exact) mass is 288 g/mol. The van der Waals surface area contributed by atoms with Crippen LogP contribution in [0.25, 0.3) is 0 Å². The molecule has 6 fully saturated rings. The van der Waals surface area contributed by atoms with Gasteiger partial charge in [0.2, 0.25) is 0 Å². The molecule has 0 saturated heterocycles. The molecule has 6 saturated carbocycles. The maximum atomic E-state index is 10.2. The minimum atomic E-state index is 0.125. The van der Waals surface area contributed by atoms with Crippen LogP contribution in [0.15, 0.2) is 0 Å². The largest absolute Gasteiger partial charge is 0.393 e. The Labute approximate surface area is 91.4 Å². The fraction of sp³-hybridized carbons (Fsp3) is 1.00. The van der Waals surface area contributed by atoms with Gasteiger partial charge in [0.15, 0.2) is 0 Å². The van der Waals surface area contributed by atoms with Crippen molar-refractivity contribution in [2.45, 2.75) is 16.4 Å². The lowest BCUT2D eigenvalue weighted by Crippen LogP contribution is -2.30. The van der Waals surface area contributed by atoms with Crippen molar-refractivity contribution in [1.29, 1.82) is 0 Å². The average Bonchev–Trinajstić information content (AvgIpc) is 2.78. The molecule has 6 rings (SSSR count). The molecule has 0 unspecified atom stereocenters. The van der Waals surface area contributed by atoms with E-state index in [4.69, 9.17) is 0 Å². The third kappa shape index (κ3) is 0.451. The summed E-state index contributed by atoms with van der Waals surface area (Å²) in [4.78, 5) is 0. The molecule has 0 aliphatic heterocycles. The van der Waals surface area contributed by atoms with E-state index in [1.807, 2.05) is 0 Å². The minimum absolute atomic E-state index is 0.125. The highest BCUT2D eigenvalue weighted by molar-refractivity contribution is 14.1. The van der Waals surface area contributed by atoms with E-state index in [0.717, 1.165) is 51.3 Å². The van der Waals surface area contributed by atoms with Gasteiger partial charge in [-0.2, -0.15) is 0 Å². The van der Waals surface area contributed by atoms with E-state index in [0.29, 0.717) is 0 Å². The van der Waals surface area contributed by atoms with Gasteiger partial charge >= 0.3 is 0 Å². The van der Waals surface area contributed by atoms with E-state index in [2.05, 4.69) is 22.6 Å². The molecule has 6 bridgehead atoms. The molecule has 2 heteroatoms.